The summed E-state index contributed by atoms with van der Waals surface area (Å²) >= 11 is 13.1. The molecule has 0 N–H and O–H groups in total. The zero-order valence-electron chi connectivity index (χ0n) is 18.4. The van der Waals surface area contributed by atoms with Crippen LogP contribution in [0.5, 0.6) is 5.75 Å². The minimum Gasteiger partial charge on any atom is -0.475 e. The highest BCUT2D eigenvalue weighted by atomic mass is 79.9. The number of halogens is 4. The van der Waals surface area contributed by atoms with Gasteiger partial charge in [0.05, 0.1) is 15.1 Å². The van der Waals surface area contributed by atoms with Crippen molar-refractivity contribution in [3.05, 3.63) is 55.2 Å². The topological polar surface area (TPSA) is 55.8 Å². The molecule has 176 valence electrons. The predicted molar refractivity (Wildman–Crippen MR) is 136 cm³/mol. The molecule has 0 atom stereocenters. The molecule has 0 bridgehead atoms. The molecule has 0 radical (unpaired) electrons. The molecule has 2 aliphatic rings. The third-order valence-electron chi connectivity index (χ3n) is 5.69. The molecule has 0 aromatic heterocycles. The van der Waals surface area contributed by atoms with Crippen molar-refractivity contribution >= 4 is 68.9 Å². The first-order valence-electron chi connectivity index (χ1n) is 10.5. The molecule has 2 aromatic rings. The maximum absolute atomic E-state index is 13.8. The van der Waals surface area contributed by atoms with Gasteiger partial charge in [-0.1, -0.05) is 31.2 Å². The summed E-state index contributed by atoms with van der Waals surface area (Å²) in [5.41, 5.74) is -0.204. The number of carbonyl (C=O) groups excluding carboxylic acids is 2. The average molecular weight is 620 g/mol. The lowest BCUT2D eigenvalue weighted by Crippen LogP contribution is -2.49. The van der Waals surface area contributed by atoms with Crippen LogP contribution in [-0.2, 0) is 9.53 Å². The van der Waals surface area contributed by atoms with Crippen LogP contribution in [0.2, 0.25) is 30.7 Å². The van der Waals surface area contributed by atoms with Gasteiger partial charge in [0.1, 0.15) is 24.0 Å². The summed E-state index contributed by atoms with van der Waals surface area (Å²) in [6, 6.07) is 6.26. The van der Waals surface area contributed by atoms with E-state index in [-0.39, 0.29) is 28.8 Å². The Hall–Kier alpha value is -1.26. The van der Waals surface area contributed by atoms with E-state index in [0.717, 1.165) is 12.1 Å². The Morgan fingerprint density at radius 2 is 1.97 bits per heavy atom. The predicted octanol–water partition coefficient (Wildman–Crippen LogP) is 6.81. The number of ether oxygens (including phenoxy) is 2. The van der Waals surface area contributed by atoms with Crippen molar-refractivity contribution in [3.8, 4) is 5.75 Å². The molecule has 2 aromatic carbocycles. The van der Waals surface area contributed by atoms with Crippen molar-refractivity contribution in [1.82, 2.24) is 0 Å². The number of rotatable bonds is 7. The molecule has 4 rings (SSSR count). The van der Waals surface area contributed by atoms with Gasteiger partial charge in [-0.15, -0.1) is 0 Å². The van der Waals surface area contributed by atoms with Crippen molar-refractivity contribution in [2.24, 2.45) is 0 Å². The number of ketones is 1. The van der Waals surface area contributed by atoms with Crippen molar-refractivity contribution < 1.29 is 23.5 Å². The molecule has 5 nitrogen and oxygen atoms in total. The Kier molecular flexibility index (Phi) is 6.83. The van der Waals surface area contributed by atoms with Gasteiger partial charge in [-0.25, -0.2) is 4.39 Å². The van der Waals surface area contributed by atoms with Gasteiger partial charge in [0.15, 0.2) is 11.4 Å². The van der Waals surface area contributed by atoms with E-state index in [4.69, 9.17) is 21.1 Å². The quantitative estimate of drug-likeness (QED) is 0.194. The van der Waals surface area contributed by atoms with Gasteiger partial charge < -0.3 is 9.47 Å². The van der Waals surface area contributed by atoms with Crippen LogP contribution >= 0.6 is 43.5 Å². The molecular weight excluding hydrogens is 597 g/mol. The number of benzene rings is 2. The van der Waals surface area contributed by atoms with E-state index in [1.807, 2.05) is 0 Å². The SMILES string of the molecule is C[Si](C)(C)CCOCN1C(=O)C2(CC2)Oc2cc(Br)c(C(=O)c3cc(F)ccc3Cl)c(Br)c21. The summed E-state index contributed by atoms with van der Waals surface area (Å²) in [5.74, 6) is -0.769. The highest BCUT2D eigenvalue weighted by molar-refractivity contribution is 9.11. The zero-order valence-corrected chi connectivity index (χ0v) is 23.4. The Bertz CT molecular complexity index is 1150. The Labute approximate surface area is 214 Å². The van der Waals surface area contributed by atoms with Gasteiger partial charge in [0.2, 0.25) is 0 Å². The maximum atomic E-state index is 13.8. The highest BCUT2D eigenvalue weighted by Crippen LogP contribution is 2.53. The fourth-order valence-electron chi connectivity index (χ4n) is 3.62. The summed E-state index contributed by atoms with van der Waals surface area (Å²) in [5, 5.41) is 0.133. The standard InChI is InChI=1S/C23H23Br2ClFNO4Si/c1-33(2,3)9-8-31-12-28-20-17(32-23(6-7-23)22(28)30)11-15(24)18(19(20)25)21(29)14-10-13(27)4-5-16(14)26/h4-5,10-11H,6-9,12H2,1-3H3. The first-order valence-corrected chi connectivity index (χ1v) is 16.2. The molecule has 1 spiro atoms. The molecular formula is C23H23Br2ClFNO4Si. The number of anilines is 1. The molecule has 0 unspecified atom stereocenters. The fourth-order valence-corrected chi connectivity index (χ4v) is 6.23. The van der Waals surface area contributed by atoms with Gasteiger partial charge >= 0.3 is 0 Å². The number of carbonyl (C=O) groups is 2. The summed E-state index contributed by atoms with van der Waals surface area (Å²) in [6.45, 7) is 7.37. The van der Waals surface area contributed by atoms with Crippen molar-refractivity contribution in [2.45, 2.75) is 44.1 Å². The third kappa shape index (κ3) is 4.93. The van der Waals surface area contributed by atoms with Crippen LogP contribution in [0.1, 0.15) is 28.8 Å². The Balaban J connectivity index is 1.73. The monoisotopic (exact) mass is 617 g/mol. The lowest BCUT2D eigenvalue weighted by Gasteiger charge is -2.36. The van der Waals surface area contributed by atoms with Crippen LogP contribution in [0, 0.1) is 5.82 Å². The summed E-state index contributed by atoms with van der Waals surface area (Å²) in [6.07, 6.45) is 1.26. The molecule has 0 saturated heterocycles. The minimum absolute atomic E-state index is 0.0256. The van der Waals surface area contributed by atoms with Crippen molar-refractivity contribution in [1.29, 1.82) is 0 Å². The summed E-state index contributed by atoms with van der Waals surface area (Å²) < 4.78 is 26.6. The van der Waals surface area contributed by atoms with Crippen LogP contribution in [-0.4, -0.2) is 38.7 Å². The molecule has 10 heteroatoms. The number of nitrogens with zero attached hydrogens (tertiary/aromatic N) is 1. The lowest BCUT2D eigenvalue weighted by atomic mass is 10.0. The van der Waals surface area contributed by atoms with Gasteiger partial charge in [-0.2, -0.15) is 0 Å². The third-order valence-corrected chi connectivity index (χ3v) is 9.12. The number of hydrogen-bond acceptors (Lipinski definition) is 4. The second kappa shape index (κ2) is 9.07. The maximum Gasteiger partial charge on any atom is 0.273 e. The molecule has 1 heterocycles. The molecule has 33 heavy (non-hydrogen) atoms. The van der Waals surface area contributed by atoms with Gasteiger partial charge in [-0.3, -0.25) is 14.5 Å². The highest BCUT2D eigenvalue weighted by Gasteiger charge is 2.58. The van der Waals surface area contributed by atoms with Crippen LogP contribution in [0.15, 0.2) is 33.2 Å². The van der Waals surface area contributed by atoms with E-state index < -0.39 is 25.3 Å². The molecule has 1 aliphatic carbocycles. The van der Waals surface area contributed by atoms with E-state index in [9.17, 15) is 14.0 Å². The van der Waals surface area contributed by atoms with Gasteiger partial charge in [0.25, 0.3) is 5.91 Å². The fraction of sp³-hybridized carbons (Fsp3) is 0.391. The van der Waals surface area contributed by atoms with Gasteiger partial charge in [0, 0.05) is 37.6 Å². The second-order valence-electron chi connectivity index (χ2n) is 9.52. The Morgan fingerprint density at radius 1 is 1.27 bits per heavy atom. The first kappa shape index (κ1) is 24.8. The van der Waals surface area contributed by atoms with Crippen LogP contribution < -0.4 is 9.64 Å². The Morgan fingerprint density at radius 3 is 2.61 bits per heavy atom. The largest absolute Gasteiger partial charge is 0.475 e. The minimum atomic E-state index is -1.29. The van der Waals surface area contributed by atoms with E-state index in [2.05, 4.69) is 51.5 Å². The average Bonchev–Trinajstić information content (AvgIpc) is 3.49. The van der Waals surface area contributed by atoms with E-state index >= 15 is 0 Å². The zero-order chi connectivity index (χ0) is 24.1. The number of amides is 1. The molecule has 1 saturated carbocycles. The van der Waals surface area contributed by atoms with Crippen LogP contribution in [0.3, 0.4) is 0 Å². The molecule has 1 fully saturated rings. The van der Waals surface area contributed by atoms with Crippen LogP contribution in [0.4, 0.5) is 10.1 Å². The number of fused-ring (bicyclic) bond motifs is 1. The number of hydrogen-bond donors (Lipinski definition) is 0. The summed E-state index contributed by atoms with van der Waals surface area (Å²) in [7, 11) is -1.29. The molecule has 1 amide bonds. The van der Waals surface area contributed by atoms with E-state index in [1.54, 1.807) is 6.07 Å². The summed E-state index contributed by atoms with van der Waals surface area (Å²) in [4.78, 5) is 28.2. The van der Waals surface area contributed by atoms with E-state index in [1.165, 1.54) is 17.0 Å². The molecule has 1 aliphatic heterocycles. The van der Waals surface area contributed by atoms with Crippen molar-refractivity contribution in [2.75, 3.05) is 18.2 Å². The smallest absolute Gasteiger partial charge is 0.273 e. The van der Waals surface area contributed by atoms with Gasteiger partial charge in [-0.05, 0) is 62.2 Å². The van der Waals surface area contributed by atoms with E-state index in [0.29, 0.717) is 39.8 Å². The lowest BCUT2D eigenvalue weighted by molar-refractivity contribution is -0.129. The van der Waals surface area contributed by atoms with Crippen molar-refractivity contribution in [3.63, 3.8) is 0 Å². The normalized spacial score (nSPS) is 16.6. The van der Waals surface area contributed by atoms with Crippen LogP contribution in [0.25, 0.3) is 0 Å². The second-order valence-corrected chi connectivity index (χ2v) is 17.2. The first-order chi connectivity index (χ1) is 15.4.